The number of aliphatic hydroxyl groups is 2. The zero-order chi connectivity index (χ0) is 8.36. The summed E-state index contributed by atoms with van der Waals surface area (Å²) in [6.07, 6.45) is -1.47. The second-order valence-corrected chi connectivity index (χ2v) is 6.37. The fourth-order valence-corrected chi connectivity index (χ4v) is 1.49. The molecule has 4 nitrogen and oxygen atoms in total. The van der Waals surface area contributed by atoms with E-state index < -0.39 is 33.9 Å². The van der Waals surface area contributed by atoms with Gasteiger partial charge in [-0.1, -0.05) is 0 Å². The predicted molar refractivity (Wildman–Crippen MR) is 37.4 cm³/mol. The molecule has 2 unspecified atom stereocenters. The van der Waals surface area contributed by atoms with Gasteiger partial charge in [0.05, 0.1) is 0 Å². The molecule has 0 saturated heterocycles. The average Bonchev–Trinajstić information content (AvgIpc) is 1.85. The van der Waals surface area contributed by atoms with Crippen LogP contribution in [0.4, 0.5) is 0 Å². The van der Waals surface area contributed by atoms with Crippen LogP contribution in [0.5, 0.6) is 0 Å². The minimum atomic E-state index is -2.10. The van der Waals surface area contributed by atoms with Gasteiger partial charge in [-0.15, -0.1) is 0 Å². The van der Waals surface area contributed by atoms with Crippen molar-refractivity contribution in [3.05, 3.63) is 0 Å². The summed E-state index contributed by atoms with van der Waals surface area (Å²) in [7, 11) is 1.60. The molecule has 5 heteroatoms. The third-order valence-corrected chi connectivity index (χ3v) is 5.60. The molecule has 0 aromatic carbocycles. The molecule has 0 aliphatic rings. The van der Waals surface area contributed by atoms with Crippen molar-refractivity contribution >= 4 is 21.4 Å². The zero-order valence-electron chi connectivity index (χ0n) is 6.48. The van der Waals surface area contributed by atoms with Crippen molar-refractivity contribution in [2.75, 3.05) is 7.05 Å². The molecule has 0 amide bonds. The van der Waals surface area contributed by atoms with Crippen molar-refractivity contribution in [2.45, 2.75) is 26.3 Å². The Hall–Kier alpha value is 0.479. The van der Waals surface area contributed by atoms with Crippen molar-refractivity contribution in [1.29, 1.82) is 0 Å². The molecule has 0 aromatic heterocycles. The van der Waals surface area contributed by atoms with Crippen LogP contribution in [0.1, 0.15) is 13.8 Å². The number of nitrogens with zero attached hydrogens (tertiary/aromatic N) is 1. The van der Waals surface area contributed by atoms with Crippen molar-refractivity contribution in [2.24, 2.45) is 0 Å². The summed E-state index contributed by atoms with van der Waals surface area (Å²) in [5, 5.41) is 18.2. The standard InChI is InChI=1S/C5H13NO2.O.Sn.H/c1-4(7)6(3)5(2)8;;;/h4-5,7-8H,1-3H3;;;/q;;+1;. The molecule has 0 rings (SSSR count). The fraction of sp³-hybridized carbons (Fsp3) is 1.00. The summed E-state index contributed by atoms with van der Waals surface area (Å²) < 4.78 is 10.6. The number of hydrogen-bond donors (Lipinski definition) is 2. The van der Waals surface area contributed by atoms with E-state index in [9.17, 15) is 3.08 Å². The molecule has 2 N–H and O–H groups in total. The monoisotopic (exact) mass is 256 g/mol. The molecule has 0 aliphatic carbocycles. The fourth-order valence-electron chi connectivity index (χ4n) is 0.488. The van der Waals surface area contributed by atoms with Crippen LogP contribution in [0.15, 0.2) is 0 Å². The summed E-state index contributed by atoms with van der Waals surface area (Å²) in [5.41, 5.74) is 0. The second-order valence-electron chi connectivity index (χ2n) is 2.59. The van der Waals surface area contributed by atoms with E-state index in [1.165, 1.54) is 13.8 Å². The van der Waals surface area contributed by atoms with E-state index in [1.807, 2.05) is 0 Å². The number of aliphatic hydroxyl groups excluding tert-OH is 2. The number of hydrogen-bond acceptors (Lipinski definition) is 3. The van der Waals surface area contributed by atoms with Crippen molar-refractivity contribution in [1.82, 2.24) is 0 Å². The molecule has 0 heterocycles. The minimum absolute atomic E-state index is 0.0739. The van der Waals surface area contributed by atoms with E-state index in [-0.39, 0.29) is 2.70 Å². The molecule has 0 aliphatic heterocycles. The molecule has 0 fully saturated rings. The van der Waals surface area contributed by atoms with Crippen molar-refractivity contribution in [3.8, 4) is 0 Å². The van der Waals surface area contributed by atoms with Crippen molar-refractivity contribution < 1.29 is 16.0 Å². The third-order valence-electron chi connectivity index (χ3n) is 1.84. The quantitative estimate of drug-likeness (QED) is 0.492. The van der Waals surface area contributed by atoms with Crippen LogP contribution in [0.3, 0.4) is 0 Å². The third kappa shape index (κ3) is 1.98. The van der Waals surface area contributed by atoms with Gasteiger partial charge in [0.2, 0.25) is 0 Å². The van der Waals surface area contributed by atoms with Gasteiger partial charge in [0.1, 0.15) is 0 Å². The molecule has 0 spiro atoms. The zero-order valence-corrected chi connectivity index (χ0v) is 9.78. The van der Waals surface area contributed by atoms with Crippen molar-refractivity contribution in [3.63, 3.8) is 0 Å². The Labute approximate surface area is 71.0 Å². The molecule has 0 aromatic rings. The van der Waals surface area contributed by atoms with E-state index in [4.69, 9.17) is 10.2 Å². The Morgan fingerprint density at radius 1 is 1.30 bits per heavy atom. The van der Waals surface area contributed by atoms with E-state index in [2.05, 4.69) is 0 Å². The Morgan fingerprint density at radius 2 is 1.60 bits per heavy atom. The van der Waals surface area contributed by atoms with Crippen LogP contribution < -0.4 is 0 Å². The van der Waals surface area contributed by atoms with Gasteiger partial charge >= 0.3 is 70.7 Å². The maximum atomic E-state index is 10.7. The van der Waals surface area contributed by atoms with Gasteiger partial charge in [-0.3, -0.25) is 0 Å². The summed E-state index contributed by atoms with van der Waals surface area (Å²) in [6.45, 7) is 3.08. The van der Waals surface area contributed by atoms with Crippen LogP contribution in [0, 0.1) is 0 Å². The van der Waals surface area contributed by atoms with E-state index >= 15 is 0 Å². The van der Waals surface area contributed by atoms with Gasteiger partial charge in [0.15, 0.2) is 0 Å². The second kappa shape index (κ2) is 3.75. The van der Waals surface area contributed by atoms with Gasteiger partial charge in [0.25, 0.3) is 0 Å². The summed E-state index contributed by atoms with van der Waals surface area (Å²) in [6, 6.07) is 0. The van der Waals surface area contributed by atoms with Crippen LogP contribution >= 0.6 is 0 Å². The average molecular weight is 255 g/mol. The first-order valence-corrected chi connectivity index (χ1v) is 5.95. The first-order chi connectivity index (χ1) is 4.45. The normalized spacial score (nSPS) is 22.9. The van der Waals surface area contributed by atoms with Gasteiger partial charge < -0.3 is 0 Å². The number of rotatable bonds is 3. The van der Waals surface area contributed by atoms with Gasteiger partial charge in [-0.25, -0.2) is 0 Å². The van der Waals surface area contributed by atoms with Crippen LogP contribution in [0.25, 0.3) is 0 Å². The van der Waals surface area contributed by atoms with Crippen LogP contribution in [-0.2, 0) is 3.08 Å². The Balaban J connectivity index is 4.38. The Morgan fingerprint density at radius 3 is 1.60 bits per heavy atom. The Kier molecular flexibility index (Phi) is 3.93. The molecule has 0 bridgehead atoms. The van der Waals surface area contributed by atoms with Gasteiger partial charge in [0, 0.05) is 0 Å². The summed E-state index contributed by atoms with van der Waals surface area (Å²) in [4.78, 5) is 0. The molecule has 10 heavy (non-hydrogen) atoms. The Bertz CT molecular complexity index is 118. The molecular weight excluding hydrogens is 241 g/mol. The number of quaternary nitrogens is 1. The van der Waals surface area contributed by atoms with E-state index in [0.717, 1.165) is 0 Å². The maximum absolute atomic E-state index is 10.7. The summed E-state index contributed by atoms with van der Waals surface area (Å²) in [5.74, 6) is 0. The first kappa shape index (κ1) is 10.5. The SMILES string of the molecule is CC(O)[N+](C)([SnH]=[O])C(C)O. The van der Waals surface area contributed by atoms with Crippen LogP contribution in [-0.4, -0.2) is 53.8 Å². The summed E-state index contributed by atoms with van der Waals surface area (Å²) >= 11 is -2.10. The molecule has 0 radical (unpaired) electrons. The first-order valence-electron chi connectivity index (χ1n) is 3.13. The topological polar surface area (TPSA) is 57.5 Å². The predicted octanol–water partition coefficient (Wildman–Crippen LogP) is -1.19. The van der Waals surface area contributed by atoms with E-state index in [0.29, 0.717) is 0 Å². The van der Waals surface area contributed by atoms with Gasteiger partial charge in [-0.05, 0) is 0 Å². The van der Waals surface area contributed by atoms with Crippen LogP contribution in [0.2, 0.25) is 0 Å². The van der Waals surface area contributed by atoms with Gasteiger partial charge in [-0.2, -0.15) is 0 Å². The molecule has 0 saturated carbocycles. The molecule has 2 atom stereocenters. The molecule has 60 valence electrons. The van der Waals surface area contributed by atoms with E-state index in [1.54, 1.807) is 7.05 Å². The molecular formula is C5H14NO3Sn+.